The zero-order chi connectivity index (χ0) is 11.1. The third kappa shape index (κ3) is 3.18. The lowest BCUT2D eigenvalue weighted by molar-refractivity contribution is 0.414. The third-order valence-electron chi connectivity index (χ3n) is 2.24. The Bertz CT molecular complexity index is 365. The number of methoxy groups -OCH3 is 1. The van der Waals surface area contributed by atoms with Crippen LogP contribution < -0.4 is 4.74 Å². The molecule has 0 unspecified atom stereocenters. The summed E-state index contributed by atoms with van der Waals surface area (Å²) in [4.78, 5) is 0. The average Bonchev–Trinajstić information content (AvgIpc) is 2.29. The van der Waals surface area contributed by atoms with E-state index in [0.717, 1.165) is 12.2 Å². The van der Waals surface area contributed by atoms with Gasteiger partial charge in [0.2, 0.25) is 0 Å². The molecule has 1 atom stereocenters. The third-order valence-corrected chi connectivity index (χ3v) is 2.24. The van der Waals surface area contributed by atoms with Crippen molar-refractivity contribution in [2.24, 2.45) is 0 Å². The minimum Gasteiger partial charge on any atom is -0.497 e. The first kappa shape index (κ1) is 11.4. The van der Waals surface area contributed by atoms with Crippen LogP contribution in [0, 0.1) is 11.8 Å². The first-order valence-corrected chi connectivity index (χ1v) is 4.99. The van der Waals surface area contributed by atoms with Crippen LogP contribution in [0.1, 0.15) is 24.8 Å². The first-order chi connectivity index (χ1) is 7.31. The van der Waals surface area contributed by atoms with Crippen LogP contribution in [-0.2, 0) is 0 Å². The van der Waals surface area contributed by atoms with E-state index in [-0.39, 0.29) is 5.92 Å². The van der Waals surface area contributed by atoms with Gasteiger partial charge in [-0.1, -0.05) is 24.1 Å². The van der Waals surface area contributed by atoms with Crippen molar-refractivity contribution in [3.63, 3.8) is 0 Å². The fourth-order valence-electron chi connectivity index (χ4n) is 1.46. The maximum Gasteiger partial charge on any atom is 0.118 e. The van der Waals surface area contributed by atoms with Gasteiger partial charge >= 0.3 is 0 Å². The zero-order valence-corrected chi connectivity index (χ0v) is 9.29. The van der Waals surface area contributed by atoms with Crippen LogP contribution >= 0.6 is 0 Å². The van der Waals surface area contributed by atoms with Gasteiger partial charge in [0.1, 0.15) is 5.75 Å². The summed E-state index contributed by atoms with van der Waals surface area (Å²) in [5, 5.41) is 0. The van der Waals surface area contributed by atoms with E-state index >= 15 is 0 Å². The summed E-state index contributed by atoms with van der Waals surface area (Å²) in [7, 11) is 1.67. The highest BCUT2D eigenvalue weighted by Gasteiger charge is 2.05. The number of rotatable bonds is 4. The summed E-state index contributed by atoms with van der Waals surface area (Å²) in [5.74, 6) is 7.25. The maximum atomic E-state index is 5.11. The molecular formula is C14H16O. The predicted molar refractivity (Wildman–Crippen MR) is 64.0 cm³/mol. The highest BCUT2D eigenvalue weighted by Crippen LogP contribution is 2.21. The van der Waals surface area contributed by atoms with E-state index < -0.39 is 0 Å². The van der Waals surface area contributed by atoms with Crippen molar-refractivity contribution >= 4 is 0 Å². The lowest BCUT2D eigenvalue weighted by Crippen LogP contribution is -1.94. The zero-order valence-electron chi connectivity index (χ0n) is 9.29. The quantitative estimate of drug-likeness (QED) is 0.535. The second-order valence-electron chi connectivity index (χ2n) is 3.24. The van der Waals surface area contributed by atoms with Crippen molar-refractivity contribution < 1.29 is 4.74 Å². The minimum absolute atomic E-state index is 0.249. The molecule has 0 saturated heterocycles. The summed E-state index contributed by atoms with van der Waals surface area (Å²) in [6, 6.07) is 8.03. The number of hydrogen-bond donors (Lipinski definition) is 0. The van der Waals surface area contributed by atoms with Crippen molar-refractivity contribution in [1.82, 2.24) is 0 Å². The van der Waals surface area contributed by atoms with Crippen LogP contribution in [0.25, 0.3) is 0 Å². The first-order valence-electron chi connectivity index (χ1n) is 4.99. The Labute approximate surface area is 91.8 Å². The van der Waals surface area contributed by atoms with Gasteiger partial charge in [-0.2, -0.15) is 0 Å². The maximum absolute atomic E-state index is 5.11. The molecule has 0 spiro atoms. The number of hydrogen-bond acceptors (Lipinski definition) is 1. The Morgan fingerprint density at radius 2 is 2.07 bits per heavy atom. The van der Waals surface area contributed by atoms with Crippen LogP contribution in [0.3, 0.4) is 0 Å². The lowest BCUT2D eigenvalue weighted by atomic mass is 9.96. The van der Waals surface area contributed by atoms with Crippen LogP contribution in [0.15, 0.2) is 36.9 Å². The van der Waals surface area contributed by atoms with Crippen LogP contribution in [0.5, 0.6) is 5.75 Å². The fourth-order valence-corrected chi connectivity index (χ4v) is 1.46. The Kier molecular flexibility index (Phi) is 4.50. The monoisotopic (exact) mass is 200 g/mol. The molecular weight excluding hydrogens is 184 g/mol. The van der Waals surface area contributed by atoms with Gasteiger partial charge in [0.05, 0.1) is 7.11 Å². The molecule has 15 heavy (non-hydrogen) atoms. The summed E-state index contributed by atoms with van der Waals surface area (Å²) in [6.07, 6.45) is 2.78. The normalized spacial score (nSPS) is 11.1. The van der Waals surface area contributed by atoms with E-state index in [1.165, 1.54) is 5.56 Å². The van der Waals surface area contributed by atoms with Gasteiger partial charge in [0, 0.05) is 5.92 Å². The van der Waals surface area contributed by atoms with E-state index in [1.807, 2.05) is 25.1 Å². The molecule has 0 amide bonds. The highest BCUT2D eigenvalue weighted by molar-refractivity contribution is 5.33. The molecule has 1 aromatic rings. The second-order valence-corrected chi connectivity index (χ2v) is 3.24. The Balaban J connectivity index is 2.89. The molecule has 1 heteroatoms. The number of ether oxygens (including phenoxy) is 1. The average molecular weight is 200 g/mol. The molecule has 1 rings (SSSR count). The number of benzene rings is 1. The van der Waals surface area contributed by atoms with Crippen LogP contribution in [0.4, 0.5) is 0 Å². The van der Waals surface area contributed by atoms with E-state index in [9.17, 15) is 0 Å². The Hall–Kier alpha value is -1.68. The molecule has 0 heterocycles. The van der Waals surface area contributed by atoms with Crippen molar-refractivity contribution in [2.75, 3.05) is 7.11 Å². The van der Waals surface area contributed by atoms with E-state index in [1.54, 1.807) is 7.11 Å². The van der Waals surface area contributed by atoms with Gasteiger partial charge in [0.15, 0.2) is 0 Å². The van der Waals surface area contributed by atoms with Gasteiger partial charge in [-0.05, 0) is 31.0 Å². The molecule has 1 aromatic carbocycles. The molecule has 78 valence electrons. The predicted octanol–water partition coefficient (Wildman–Crippen LogP) is 3.38. The summed E-state index contributed by atoms with van der Waals surface area (Å²) in [6.45, 7) is 5.61. The van der Waals surface area contributed by atoms with Gasteiger partial charge in [0.25, 0.3) is 0 Å². The molecule has 0 aliphatic carbocycles. The molecule has 0 aliphatic heterocycles. The molecule has 1 nitrogen and oxygen atoms in total. The van der Waals surface area contributed by atoms with Crippen molar-refractivity contribution in [2.45, 2.75) is 19.3 Å². The van der Waals surface area contributed by atoms with Crippen LogP contribution in [0.2, 0.25) is 0 Å². The largest absolute Gasteiger partial charge is 0.497 e. The molecule has 0 fully saturated rings. The standard InChI is InChI=1S/C14H16O/c1-4-6-12(7-5-2)13-8-10-14(15-3)11-9-13/h4,8-12H,1,6H2,2-3H3/t12-/m1/s1. The second kappa shape index (κ2) is 5.93. The van der Waals surface area contributed by atoms with Crippen molar-refractivity contribution in [3.05, 3.63) is 42.5 Å². The SMILES string of the molecule is C=CC[C@H](C#CC)c1ccc(OC)cc1. The Morgan fingerprint density at radius 3 is 2.53 bits per heavy atom. The van der Waals surface area contributed by atoms with Gasteiger partial charge in [-0.25, -0.2) is 0 Å². The van der Waals surface area contributed by atoms with E-state index in [2.05, 4.69) is 30.6 Å². The molecule has 0 saturated carbocycles. The summed E-state index contributed by atoms with van der Waals surface area (Å²) in [5.41, 5.74) is 1.21. The minimum atomic E-state index is 0.249. The summed E-state index contributed by atoms with van der Waals surface area (Å²) < 4.78 is 5.11. The smallest absolute Gasteiger partial charge is 0.118 e. The van der Waals surface area contributed by atoms with Crippen molar-refractivity contribution in [3.8, 4) is 17.6 Å². The van der Waals surface area contributed by atoms with Crippen molar-refractivity contribution in [1.29, 1.82) is 0 Å². The molecule has 0 aromatic heterocycles. The lowest BCUT2D eigenvalue weighted by Gasteiger charge is -2.09. The van der Waals surface area contributed by atoms with Crippen LogP contribution in [-0.4, -0.2) is 7.11 Å². The topological polar surface area (TPSA) is 9.23 Å². The van der Waals surface area contributed by atoms with Gasteiger partial charge < -0.3 is 4.74 Å². The Morgan fingerprint density at radius 1 is 1.40 bits per heavy atom. The van der Waals surface area contributed by atoms with E-state index in [4.69, 9.17) is 4.74 Å². The molecule has 0 N–H and O–H groups in total. The molecule has 0 aliphatic rings. The molecule has 0 radical (unpaired) electrons. The highest BCUT2D eigenvalue weighted by atomic mass is 16.5. The number of allylic oxidation sites excluding steroid dienone is 1. The fraction of sp³-hybridized carbons (Fsp3) is 0.286. The van der Waals surface area contributed by atoms with Gasteiger partial charge in [-0.15, -0.1) is 12.5 Å². The van der Waals surface area contributed by atoms with E-state index in [0.29, 0.717) is 0 Å². The molecule has 0 bridgehead atoms. The summed E-state index contributed by atoms with van der Waals surface area (Å²) >= 11 is 0. The van der Waals surface area contributed by atoms with Gasteiger partial charge in [-0.3, -0.25) is 0 Å².